The standard InChI is InChI=1S/C44H76O16/c1-2-3-4-5-6-7-8-9-13-16-42(45)59-39-37-57-35-33-55-31-29-53-27-25-51-23-21-49-19-17-48-18-20-50-22-24-52-26-28-54-30-32-56-34-36-58-38-40-60-44(47)43(46)41-14-11-10-12-15-41/h10-12,14-15H,2-9,13,16-40H2,1H3. The summed E-state index contributed by atoms with van der Waals surface area (Å²) in [6.45, 7) is 12.1. The van der Waals surface area contributed by atoms with Crippen molar-refractivity contribution in [3.05, 3.63) is 35.9 Å². The molecular weight excluding hydrogens is 784 g/mol. The molecule has 0 fully saturated rings. The number of ether oxygens (including phenoxy) is 13. The van der Waals surface area contributed by atoms with Crippen molar-refractivity contribution in [1.29, 1.82) is 0 Å². The fourth-order valence-electron chi connectivity index (χ4n) is 5.13. The Morgan fingerprint density at radius 3 is 0.967 bits per heavy atom. The largest absolute Gasteiger partial charge is 0.463 e. The first-order valence-corrected chi connectivity index (χ1v) is 21.9. The van der Waals surface area contributed by atoms with Crippen molar-refractivity contribution < 1.29 is 76.0 Å². The van der Waals surface area contributed by atoms with Crippen LogP contribution in [0.2, 0.25) is 0 Å². The first-order valence-electron chi connectivity index (χ1n) is 21.9. The zero-order chi connectivity index (χ0) is 43.1. The van der Waals surface area contributed by atoms with E-state index in [-0.39, 0.29) is 25.8 Å². The number of unbranched alkanes of at least 4 members (excludes halogenated alkanes) is 8. The van der Waals surface area contributed by atoms with Crippen molar-refractivity contribution >= 4 is 17.7 Å². The van der Waals surface area contributed by atoms with Crippen LogP contribution in [0.1, 0.15) is 81.5 Å². The van der Waals surface area contributed by atoms with Crippen molar-refractivity contribution in [2.45, 2.75) is 71.1 Å². The Labute approximate surface area is 358 Å². The third-order valence-electron chi connectivity index (χ3n) is 8.38. The molecule has 0 aliphatic carbocycles. The molecule has 1 rings (SSSR count). The van der Waals surface area contributed by atoms with E-state index in [1.165, 1.54) is 44.9 Å². The molecule has 0 aromatic heterocycles. The molecule has 0 amide bonds. The number of Topliss-reactive ketones (excluding diaryl/α,β-unsaturated/α-hetero) is 1. The quantitative estimate of drug-likeness (QED) is 0.0368. The first-order chi connectivity index (χ1) is 29.6. The van der Waals surface area contributed by atoms with Crippen molar-refractivity contribution in [1.82, 2.24) is 0 Å². The second-order valence-electron chi connectivity index (χ2n) is 13.4. The third-order valence-corrected chi connectivity index (χ3v) is 8.38. The molecular formula is C44H76O16. The van der Waals surface area contributed by atoms with Gasteiger partial charge in [-0.3, -0.25) is 9.59 Å². The van der Waals surface area contributed by atoms with Crippen LogP contribution in [-0.4, -0.2) is 176 Å². The minimum atomic E-state index is -0.900. The summed E-state index contributed by atoms with van der Waals surface area (Å²) in [5, 5.41) is 0. The number of ketones is 1. The average Bonchev–Trinajstić information content (AvgIpc) is 3.26. The maximum Gasteiger partial charge on any atom is 0.379 e. The van der Waals surface area contributed by atoms with E-state index in [4.69, 9.17) is 61.6 Å². The predicted molar refractivity (Wildman–Crippen MR) is 224 cm³/mol. The molecule has 0 heterocycles. The number of benzene rings is 1. The molecule has 1 aromatic rings. The van der Waals surface area contributed by atoms with E-state index in [1.807, 2.05) is 0 Å². The fraction of sp³-hybridized carbons (Fsp3) is 0.795. The topological polar surface area (TPSA) is 171 Å². The highest BCUT2D eigenvalue weighted by molar-refractivity contribution is 6.40. The second-order valence-corrected chi connectivity index (χ2v) is 13.4. The van der Waals surface area contributed by atoms with E-state index < -0.39 is 11.8 Å². The van der Waals surface area contributed by atoms with E-state index in [0.717, 1.165) is 12.8 Å². The minimum Gasteiger partial charge on any atom is -0.463 e. The monoisotopic (exact) mass is 861 g/mol. The van der Waals surface area contributed by atoms with Gasteiger partial charge in [-0.2, -0.15) is 0 Å². The van der Waals surface area contributed by atoms with Gasteiger partial charge in [0.2, 0.25) is 0 Å². The number of rotatable bonds is 48. The molecule has 16 nitrogen and oxygen atoms in total. The van der Waals surface area contributed by atoms with Crippen LogP contribution in [0.4, 0.5) is 0 Å². The highest BCUT2D eigenvalue weighted by Gasteiger charge is 2.17. The Morgan fingerprint density at radius 1 is 0.350 bits per heavy atom. The lowest BCUT2D eigenvalue weighted by Gasteiger charge is -2.09. The highest BCUT2D eigenvalue weighted by atomic mass is 16.6. The summed E-state index contributed by atoms with van der Waals surface area (Å²) < 4.78 is 70.2. The van der Waals surface area contributed by atoms with E-state index in [0.29, 0.717) is 151 Å². The number of carbonyl (C=O) groups is 3. The van der Waals surface area contributed by atoms with Gasteiger partial charge >= 0.3 is 11.9 Å². The number of esters is 2. The average molecular weight is 861 g/mol. The van der Waals surface area contributed by atoms with Crippen LogP contribution >= 0.6 is 0 Å². The maximum atomic E-state index is 11.9. The summed E-state index contributed by atoms with van der Waals surface area (Å²) in [6, 6.07) is 8.25. The molecule has 0 aliphatic rings. The van der Waals surface area contributed by atoms with Gasteiger partial charge in [-0.05, 0) is 6.42 Å². The van der Waals surface area contributed by atoms with E-state index in [2.05, 4.69) is 6.92 Å². The lowest BCUT2D eigenvalue weighted by molar-refractivity contribution is -0.145. The molecule has 0 bridgehead atoms. The first kappa shape index (κ1) is 55.4. The van der Waals surface area contributed by atoms with Crippen LogP contribution in [0.3, 0.4) is 0 Å². The van der Waals surface area contributed by atoms with Crippen molar-refractivity contribution in [2.75, 3.05) is 159 Å². The normalized spacial score (nSPS) is 11.3. The zero-order valence-corrected chi connectivity index (χ0v) is 36.5. The molecule has 0 unspecified atom stereocenters. The van der Waals surface area contributed by atoms with E-state index >= 15 is 0 Å². The SMILES string of the molecule is CCCCCCCCCCCC(=O)OCCOCCOCCOCCOCCOCCOCCOCCOCCOCCOCCOCCOC(=O)C(=O)c1ccccc1. The van der Waals surface area contributed by atoms with Crippen LogP contribution in [0.15, 0.2) is 30.3 Å². The minimum absolute atomic E-state index is 0.00727. The lowest BCUT2D eigenvalue weighted by Crippen LogP contribution is -2.20. The van der Waals surface area contributed by atoms with Crippen LogP contribution in [0, 0.1) is 0 Å². The third kappa shape index (κ3) is 39.5. The Hall–Kier alpha value is -2.61. The summed E-state index contributed by atoms with van der Waals surface area (Å²) in [6.07, 6.45) is 11.5. The molecule has 348 valence electrons. The molecule has 0 saturated heterocycles. The van der Waals surface area contributed by atoms with Gasteiger partial charge in [0.15, 0.2) is 0 Å². The summed E-state index contributed by atoms with van der Waals surface area (Å²) in [5.74, 6) is -1.72. The van der Waals surface area contributed by atoms with E-state index in [9.17, 15) is 14.4 Å². The molecule has 0 saturated carbocycles. The molecule has 60 heavy (non-hydrogen) atoms. The van der Waals surface area contributed by atoms with Crippen molar-refractivity contribution in [3.63, 3.8) is 0 Å². The molecule has 0 N–H and O–H groups in total. The summed E-state index contributed by atoms with van der Waals surface area (Å²) in [5.41, 5.74) is 0.293. The summed E-state index contributed by atoms with van der Waals surface area (Å²) in [7, 11) is 0. The maximum absolute atomic E-state index is 11.9. The molecule has 0 atom stereocenters. The Balaban J connectivity index is 1.65. The van der Waals surface area contributed by atoms with Gasteiger partial charge < -0.3 is 61.6 Å². The summed E-state index contributed by atoms with van der Waals surface area (Å²) >= 11 is 0. The van der Waals surface area contributed by atoms with E-state index in [1.54, 1.807) is 30.3 Å². The molecule has 16 heteroatoms. The fourth-order valence-corrected chi connectivity index (χ4v) is 5.13. The Bertz CT molecular complexity index is 1080. The lowest BCUT2D eigenvalue weighted by atomic mass is 10.1. The van der Waals surface area contributed by atoms with Gasteiger partial charge in [0.1, 0.15) is 13.2 Å². The Morgan fingerprint density at radius 2 is 0.633 bits per heavy atom. The molecule has 1 aromatic carbocycles. The Kier molecular flexibility index (Phi) is 42.4. The van der Waals surface area contributed by atoms with Gasteiger partial charge in [0.25, 0.3) is 5.78 Å². The van der Waals surface area contributed by atoms with Gasteiger partial charge in [-0.15, -0.1) is 0 Å². The van der Waals surface area contributed by atoms with Gasteiger partial charge in [0, 0.05) is 12.0 Å². The van der Waals surface area contributed by atoms with Crippen molar-refractivity contribution in [3.8, 4) is 0 Å². The zero-order valence-electron chi connectivity index (χ0n) is 36.5. The van der Waals surface area contributed by atoms with Gasteiger partial charge in [0.05, 0.1) is 145 Å². The van der Waals surface area contributed by atoms with Crippen LogP contribution in [-0.2, 0) is 71.2 Å². The van der Waals surface area contributed by atoms with Crippen LogP contribution in [0.25, 0.3) is 0 Å². The second kappa shape index (κ2) is 45.9. The van der Waals surface area contributed by atoms with Crippen LogP contribution in [0.5, 0.6) is 0 Å². The number of hydrogen-bond donors (Lipinski definition) is 0. The number of hydrogen-bond acceptors (Lipinski definition) is 16. The molecule has 0 radical (unpaired) electrons. The molecule has 0 spiro atoms. The predicted octanol–water partition coefficient (Wildman–Crippen LogP) is 5.06. The van der Waals surface area contributed by atoms with Gasteiger partial charge in [-0.1, -0.05) is 88.6 Å². The smallest absolute Gasteiger partial charge is 0.379 e. The number of carbonyl (C=O) groups excluding carboxylic acids is 3. The summed E-state index contributed by atoms with van der Waals surface area (Å²) in [4.78, 5) is 35.5. The highest BCUT2D eigenvalue weighted by Crippen LogP contribution is 2.11. The molecule has 0 aliphatic heterocycles. The van der Waals surface area contributed by atoms with Gasteiger partial charge in [-0.25, -0.2) is 4.79 Å². The van der Waals surface area contributed by atoms with Crippen molar-refractivity contribution in [2.24, 2.45) is 0 Å². The van der Waals surface area contributed by atoms with Crippen LogP contribution < -0.4 is 0 Å².